The average molecular weight is 436 g/mol. The van der Waals surface area contributed by atoms with E-state index in [1.165, 1.54) is 6.08 Å². The predicted molar refractivity (Wildman–Crippen MR) is 115 cm³/mol. The van der Waals surface area contributed by atoms with Crippen LogP contribution in [0.4, 0.5) is 0 Å². The Kier molecular flexibility index (Phi) is 5.99. The summed E-state index contributed by atoms with van der Waals surface area (Å²) in [6, 6.07) is 7.25. The van der Waals surface area contributed by atoms with Gasteiger partial charge < -0.3 is 18.9 Å². The van der Waals surface area contributed by atoms with Crippen LogP contribution >= 0.6 is 0 Å². The van der Waals surface area contributed by atoms with Crippen LogP contribution in [0.1, 0.15) is 25.3 Å². The fourth-order valence-corrected chi connectivity index (χ4v) is 4.19. The Morgan fingerprint density at radius 1 is 1.16 bits per heavy atom. The van der Waals surface area contributed by atoms with Gasteiger partial charge in [-0.1, -0.05) is 24.3 Å². The van der Waals surface area contributed by atoms with E-state index in [-0.39, 0.29) is 18.1 Å². The first-order valence-electron chi connectivity index (χ1n) is 10.4. The van der Waals surface area contributed by atoms with Gasteiger partial charge >= 0.3 is 17.9 Å². The number of hydrogen-bond acceptors (Lipinski definition) is 7. The zero-order valence-corrected chi connectivity index (χ0v) is 17.9. The van der Waals surface area contributed by atoms with Crippen molar-refractivity contribution in [3.05, 3.63) is 71.4 Å². The van der Waals surface area contributed by atoms with Crippen molar-refractivity contribution in [1.29, 1.82) is 0 Å². The maximum Gasteiger partial charge on any atom is 0.334 e. The largest absolute Gasteiger partial charge is 0.497 e. The Labute approximate surface area is 186 Å². The van der Waals surface area contributed by atoms with Crippen molar-refractivity contribution in [1.82, 2.24) is 0 Å². The van der Waals surface area contributed by atoms with Crippen molar-refractivity contribution < 1.29 is 33.3 Å². The number of ether oxygens (including phenoxy) is 4. The van der Waals surface area contributed by atoms with Gasteiger partial charge in [0.2, 0.25) is 0 Å². The molecule has 4 rings (SSSR count). The molecule has 1 fully saturated rings. The number of carbonyl (C=O) groups is 3. The third kappa shape index (κ3) is 4.51. The first kappa shape index (κ1) is 21.6. The summed E-state index contributed by atoms with van der Waals surface area (Å²) in [4.78, 5) is 37.1. The molecule has 3 aliphatic rings. The Morgan fingerprint density at radius 3 is 2.75 bits per heavy atom. The molecule has 2 aliphatic heterocycles. The van der Waals surface area contributed by atoms with Crippen LogP contribution in [0.2, 0.25) is 0 Å². The van der Waals surface area contributed by atoms with Crippen LogP contribution in [-0.2, 0) is 28.6 Å². The molecule has 1 aliphatic carbocycles. The minimum atomic E-state index is -0.769. The molecule has 0 spiro atoms. The van der Waals surface area contributed by atoms with E-state index in [9.17, 15) is 14.4 Å². The molecule has 0 radical (unpaired) electrons. The summed E-state index contributed by atoms with van der Waals surface area (Å²) < 4.78 is 21.8. The lowest BCUT2D eigenvalue weighted by atomic mass is 9.85. The third-order valence-electron chi connectivity index (χ3n) is 5.74. The molecular weight excluding hydrogens is 412 g/mol. The molecule has 2 heterocycles. The van der Waals surface area contributed by atoms with Crippen molar-refractivity contribution in [3.8, 4) is 5.75 Å². The monoisotopic (exact) mass is 436 g/mol. The number of hydrogen-bond donors (Lipinski definition) is 0. The van der Waals surface area contributed by atoms with Gasteiger partial charge in [-0.3, -0.25) is 0 Å². The van der Waals surface area contributed by atoms with E-state index >= 15 is 0 Å². The first-order chi connectivity index (χ1) is 15.3. The molecular formula is C25H24O7. The highest BCUT2D eigenvalue weighted by molar-refractivity contribution is 5.93. The normalized spacial score (nSPS) is 28.9. The number of fused-ring (bicyclic) bond motifs is 2. The molecule has 0 aromatic heterocycles. The lowest BCUT2D eigenvalue weighted by Crippen LogP contribution is -2.32. The van der Waals surface area contributed by atoms with Gasteiger partial charge in [0, 0.05) is 30.1 Å². The summed E-state index contributed by atoms with van der Waals surface area (Å²) in [6.07, 6.45) is 5.35. The highest BCUT2D eigenvalue weighted by Crippen LogP contribution is 2.38. The van der Waals surface area contributed by atoms with Crippen LogP contribution in [-0.4, -0.2) is 43.3 Å². The summed E-state index contributed by atoms with van der Waals surface area (Å²) in [5.74, 6) is -1.46. The summed E-state index contributed by atoms with van der Waals surface area (Å²) >= 11 is 0. The summed E-state index contributed by atoms with van der Waals surface area (Å²) in [7, 11) is 1.57. The van der Waals surface area contributed by atoms with E-state index in [4.69, 9.17) is 18.9 Å². The molecule has 0 saturated carbocycles. The minimum absolute atomic E-state index is 0.186. The number of methoxy groups -OCH3 is 1. The smallest absolute Gasteiger partial charge is 0.334 e. The zero-order valence-electron chi connectivity index (χ0n) is 17.9. The predicted octanol–water partition coefficient (Wildman–Crippen LogP) is 3.31. The second-order valence-electron chi connectivity index (χ2n) is 8.06. The van der Waals surface area contributed by atoms with E-state index in [0.29, 0.717) is 17.7 Å². The standard InChI is InChI=1S/C25H24O7/c1-14-9-19-12-17(25(28)30-19)13-21-23(15(2)24(27)32-21)20(10-14)31-22(26)8-7-16-5-4-6-18(11-16)29-3/h4-8,10-12,19-21,23H,2,9,13H2,1,3H3/b8-7+,14-10+/t19-,20-,21+,23+/m1/s1. The molecule has 0 N–H and O–H groups in total. The lowest BCUT2D eigenvalue weighted by Gasteiger charge is -2.25. The highest BCUT2D eigenvalue weighted by Gasteiger charge is 2.46. The van der Waals surface area contributed by atoms with Crippen molar-refractivity contribution in [2.75, 3.05) is 7.11 Å². The van der Waals surface area contributed by atoms with Crippen molar-refractivity contribution in [2.24, 2.45) is 5.92 Å². The number of carbonyl (C=O) groups excluding carboxylic acids is 3. The third-order valence-corrected chi connectivity index (χ3v) is 5.74. The Hall–Kier alpha value is -3.61. The van der Waals surface area contributed by atoms with E-state index in [1.807, 2.05) is 25.1 Å². The maximum absolute atomic E-state index is 12.7. The maximum atomic E-state index is 12.7. The molecule has 1 aromatic carbocycles. The summed E-state index contributed by atoms with van der Waals surface area (Å²) in [5.41, 5.74) is 2.32. The highest BCUT2D eigenvalue weighted by atomic mass is 16.6. The molecule has 0 amide bonds. The fourth-order valence-electron chi connectivity index (χ4n) is 4.19. The molecule has 32 heavy (non-hydrogen) atoms. The molecule has 4 atom stereocenters. The first-order valence-corrected chi connectivity index (χ1v) is 10.4. The molecule has 1 saturated heterocycles. The molecule has 2 bridgehead atoms. The van der Waals surface area contributed by atoms with Crippen LogP contribution in [0, 0.1) is 5.92 Å². The van der Waals surface area contributed by atoms with Crippen LogP contribution in [0.25, 0.3) is 6.08 Å². The Morgan fingerprint density at radius 2 is 1.97 bits per heavy atom. The van der Waals surface area contributed by atoms with Gasteiger partial charge in [0.15, 0.2) is 0 Å². The molecule has 7 heteroatoms. The molecule has 166 valence electrons. The fraction of sp³-hybridized carbons (Fsp3) is 0.320. The van der Waals surface area contributed by atoms with Crippen molar-refractivity contribution in [3.63, 3.8) is 0 Å². The second kappa shape index (κ2) is 8.86. The number of benzene rings is 1. The minimum Gasteiger partial charge on any atom is -0.497 e. The zero-order chi connectivity index (χ0) is 22.8. The average Bonchev–Trinajstić information content (AvgIpc) is 3.23. The van der Waals surface area contributed by atoms with Gasteiger partial charge in [0.05, 0.1) is 13.0 Å². The van der Waals surface area contributed by atoms with Gasteiger partial charge in [0.25, 0.3) is 0 Å². The number of rotatable bonds is 4. The van der Waals surface area contributed by atoms with E-state index in [0.717, 1.165) is 11.1 Å². The molecule has 0 unspecified atom stereocenters. The summed E-state index contributed by atoms with van der Waals surface area (Å²) in [6.45, 7) is 5.72. The van der Waals surface area contributed by atoms with Gasteiger partial charge in [-0.25, -0.2) is 14.4 Å². The van der Waals surface area contributed by atoms with Crippen LogP contribution in [0.5, 0.6) is 5.75 Å². The second-order valence-corrected chi connectivity index (χ2v) is 8.06. The van der Waals surface area contributed by atoms with Crippen molar-refractivity contribution in [2.45, 2.75) is 38.1 Å². The van der Waals surface area contributed by atoms with Gasteiger partial charge in [0.1, 0.15) is 24.1 Å². The van der Waals surface area contributed by atoms with E-state index < -0.39 is 36.0 Å². The topological polar surface area (TPSA) is 88.1 Å². The lowest BCUT2D eigenvalue weighted by molar-refractivity contribution is -0.145. The molecule has 7 nitrogen and oxygen atoms in total. The molecule has 1 aromatic rings. The van der Waals surface area contributed by atoms with Crippen molar-refractivity contribution >= 4 is 24.0 Å². The van der Waals surface area contributed by atoms with Gasteiger partial charge in [-0.2, -0.15) is 0 Å². The Bertz CT molecular complexity index is 1060. The summed E-state index contributed by atoms with van der Waals surface area (Å²) in [5, 5.41) is 0. The van der Waals surface area contributed by atoms with Gasteiger partial charge in [-0.05, 0) is 42.8 Å². The SMILES string of the molecule is C=C1C(=O)O[C@H]2CC3=C[C@@H](C/C(C)=C/[C@@H](OC(=O)/C=C/c4cccc(OC)c4)[C@H]12)OC3=O. The quantitative estimate of drug-likeness (QED) is 0.310. The van der Waals surface area contributed by atoms with E-state index in [2.05, 4.69) is 6.58 Å². The van der Waals surface area contributed by atoms with Crippen LogP contribution < -0.4 is 4.74 Å². The van der Waals surface area contributed by atoms with Gasteiger partial charge in [-0.15, -0.1) is 0 Å². The van der Waals surface area contributed by atoms with E-state index in [1.54, 1.807) is 31.4 Å². The van der Waals surface area contributed by atoms with Crippen LogP contribution in [0.15, 0.2) is 65.8 Å². The Balaban J connectivity index is 1.58. The number of esters is 3. The van der Waals surface area contributed by atoms with Crippen LogP contribution in [0.3, 0.4) is 0 Å².